The zero-order valence-electron chi connectivity index (χ0n) is 7.54. The SMILES string of the molecule is O=S(=O)(CC(Cl)(Cl)Cl)OS(=O)(=O)CC(Cl)(Cl)Cl. The summed E-state index contributed by atoms with van der Waals surface area (Å²) in [6, 6.07) is 0. The molecule has 0 N–H and O–H groups in total. The van der Waals surface area contributed by atoms with Gasteiger partial charge in [-0.1, -0.05) is 69.6 Å². The quantitative estimate of drug-likeness (QED) is 0.667. The Hall–Kier alpha value is 1.60. The summed E-state index contributed by atoms with van der Waals surface area (Å²) in [5.74, 6) is -2.33. The summed E-state index contributed by atoms with van der Waals surface area (Å²) in [6.07, 6.45) is 0. The molecule has 17 heavy (non-hydrogen) atoms. The van der Waals surface area contributed by atoms with E-state index < -0.39 is 39.3 Å². The molecule has 0 aliphatic heterocycles. The smallest absolute Gasteiger partial charge is 0.198 e. The van der Waals surface area contributed by atoms with Crippen molar-refractivity contribution in [1.82, 2.24) is 0 Å². The van der Waals surface area contributed by atoms with Gasteiger partial charge in [0, 0.05) is 0 Å². The van der Waals surface area contributed by atoms with Crippen molar-refractivity contribution in [2.24, 2.45) is 0 Å². The monoisotopic (exact) mass is 406 g/mol. The maximum absolute atomic E-state index is 11.2. The molecule has 0 bridgehead atoms. The van der Waals surface area contributed by atoms with Crippen molar-refractivity contribution in [3.05, 3.63) is 0 Å². The normalized spacial score (nSPS) is 14.9. The first-order valence-electron chi connectivity index (χ1n) is 3.42. The standard InChI is InChI=1S/C4H4Cl6O5S2/c5-3(6,7)1-16(11,12)15-17(13,14)2-4(8,9)10/h1-2H2. The molecule has 0 fully saturated rings. The van der Waals surface area contributed by atoms with Gasteiger partial charge in [-0.05, 0) is 0 Å². The van der Waals surface area contributed by atoms with Gasteiger partial charge >= 0.3 is 0 Å². The van der Waals surface area contributed by atoms with Gasteiger partial charge in [0.25, 0.3) is 20.2 Å². The minimum absolute atomic E-state index is 1.16. The molecule has 0 spiro atoms. The van der Waals surface area contributed by atoms with Crippen LogP contribution in [0.15, 0.2) is 0 Å². The van der Waals surface area contributed by atoms with Crippen molar-refractivity contribution < 1.29 is 20.5 Å². The summed E-state index contributed by atoms with van der Waals surface area (Å²) in [5.41, 5.74) is 0. The average Bonchev–Trinajstić information content (AvgIpc) is 1.65. The molecule has 0 aliphatic carbocycles. The molecular weight excluding hydrogens is 405 g/mol. The Labute approximate surface area is 128 Å². The van der Waals surface area contributed by atoms with Crippen molar-refractivity contribution in [2.75, 3.05) is 11.5 Å². The first kappa shape index (κ1) is 18.6. The Morgan fingerprint density at radius 2 is 0.941 bits per heavy atom. The molecule has 0 atom stereocenters. The zero-order valence-corrected chi connectivity index (χ0v) is 13.7. The van der Waals surface area contributed by atoms with Crippen LogP contribution >= 0.6 is 69.6 Å². The highest BCUT2D eigenvalue weighted by Gasteiger charge is 2.36. The van der Waals surface area contributed by atoms with E-state index in [-0.39, 0.29) is 0 Å². The number of hydrogen-bond acceptors (Lipinski definition) is 5. The highest BCUT2D eigenvalue weighted by Crippen LogP contribution is 2.31. The molecule has 0 unspecified atom stereocenters. The zero-order chi connectivity index (χ0) is 14.1. The van der Waals surface area contributed by atoms with Crippen LogP contribution in [0.1, 0.15) is 0 Å². The Morgan fingerprint density at radius 3 is 1.12 bits per heavy atom. The number of halogens is 6. The van der Waals surface area contributed by atoms with Crippen molar-refractivity contribution in [3.63, 3.8) is 0 Å². The van der Waals surface area contributed by atoms with Gasteiger partial charge in [-0.15, -0.1) is 3.63 Å². The summed E-state index contributed by atoms with van der Waals surface area (Å²) < 4.78 is 44.0. The highest BCUT2D eigenvalue weighted by molar-refractivity contribution is 8.00. The van der Waals surface area contributed by atoms with E-state index in [1.807, 2.05) is 0 Å². The van der Waals surface area contributed by atoms with Gasteiger partial charge in [-0.3, -0.25) is 0 Å². The molecule has 5 nitrogen and oxygen atoms in total. The van der Waals surface area contributed by atoms with Crippen LogP contribution in [-0.4, -0.2) is 35.9 Å². The van der Waals surface area contributed by atoms with Gasteiger partial charge < -0.3 is 0 Å². The lowest BCUT2D eigenvalue weighted by atomic mass is 10.9. The molecule has 104 valence electrons. The fourth-order valence-corrected chi connectivity index (χ4v) is 5.46. The molecule has 0 aromatic carbocycles. The second-order valence-electron chi connectivity index (χ2n) is 2.70. The molecule has 0 rings (SSSR count). The van der Waals surface area contributed by atoms with Crippen LogP contribution in [0.3, 0.4) is 0 Å². The Morgan fingerprint density at radius 1 is 0.706 bits per heavy atom. The van der Waals surface area contributed by atoms with Crippen LogP contribution < -0.4 is 0 Å². The maximum atomic E-state index is 11.2. The number of alkyl halides is 6. The fourth-order valence-electron chi connectivity index (χ4n) is 0.607. The summed E-state index contributed by atoms with van der Waals surface area (Å²) in [6.45, 7) is 0. The van der Waals surface area contributed by atoms with Crippen LogP contribution in [0.2, 0.25) is 0 Å². The van der Waals surface area contributed by atoms with Crippen molar-refractivity contribution in [3.8, 4) is 0 Å². The maximum Gasteiger partial charge on any atom is 0.286 e. The summed E-state index contributed by atoms with van der Waals surface area (Å²) in [5, 5.41) is 0. The highest BCUT2D eigenvalue weighted by atomic mass is 35.6. The van der Waals surface area contributed by atoms with E-state index in [4.69, 9.17) is 69.6 Å². The van der Waals surface area contributed by atoms with E-state index in [0.717, 1.165) is 0 Å². The second-order valence-corrected chi connectivity index (χ2v) is 11.1. The number of rotatable bonds is 4. The molecule has 0 saturated carbocycles. The second kappa shape index (κ2) is 5.93. The molecule has 0 aromatic rings. The molecule has 0 aliphatic rings. The summed E-state index contributed by atoms with van der Waals surface area (Å²) >= 11 is 31.1. The van der Waals surface area contributed by atoms with Gasteiger partial charge in [0.2, 0.25) is 7.59 Å². The Balaban J connectivity index is 4.86. The third-order valence-electron chi connectivity index (χ3n) is 0.888. The molecule has 13 heteroatoms. The van der Waals surface area contributed by atoms with Crippen molar-refractivity contribution >= 4 is 89.8 Å². The Bertz CT molecular complexity index is 412. The third kappa shape index (κ3) is 11.1. The van der Waals surface area contributed by atoms with Gasteiger partial charge in [-0.2, -0.15) is 16.8 Å². The van der Waals surface area contributed by atoms with Gasteiger partial charge in [0.05, 0.1) is 0 Å². The lowest BCUT2D eigenvalue weighted by molar-refractivity contribution is 0.462. The van der Waals surface area contributed by atoms with Crippen LogP contribution in [0.4, 0.5) is 0 Å². The predicted molar refractivity (Wildman–Crippen MR) is 69.2 cm³/mol. The predicted octanol–water partition coefficient (Wildman–Crippen LogP) is 2.40. The molecule has 0 heterocycles. The molecular formula is C4H4Cl6O5S2. The average molecular weight is 409 g/mol. The minimum Gasteiger partial charge on any atom is -0.198 e. The van der Waals surface area contributed by atoms with Gasteiger partial charge in [0.1, 0.15) is 11.5 Å². The molecule has 0 radical (unpaired) electrons. The summed E-state index contributed by atoms with van der Waals surface area (Å²) in [7, 11) is -9.26. The van der Waals surface area contributed by atoms with Crippen LogP contribution in [-0.2, 0) is 23.9 Å². The van der Waals surface area contributed by atoms with Gasteiger partial charge in [0.15, 0.2) is 0 Å². The van der Waals surface area contributed by atoms with E-state index in [1.54, 1.807) is 0 Å². The molecule has 0 aromatic heterocycles. The van der Waals surface area contributed by atoms with E-state index >= 15 is 0 Å². The summed E-state index contributed by atoms with van der Waals surface area (Å²) in [4.78, 5) is 0. The van der Waals surface area contributed by atoms with Crippen LogP contribution in [0.25, 0.3) is 0 Å². The number of hydrogen-bond donors (Lipinski definition) is 0. The molecule has 0 amide bonds. The lowest BCUT2D eigenvalue weighted by Crippen LogP contribution is -2.28. The van der Waals surface area contributed by atoms with Crippen molar-refractivity contribution in [1.29, 1.82) is 0 Å². The van der Waals surface area contributed by atoms with E-state index in [9.17, 15) is 16.8 Å². The topological polar surface area (TPSA) is 77.5 Å². The van der Waals surface area contributed by atoms with Crippen LogP contribution in [0, 0.1) is 0 Å². The lowest BCUT2D eigenvalue weighted by Gasteiger charge is -2.13. The Kier molecular flexibility index (Phi) is 6.49. The van der Waals surface area contributed by atoms with E-state index in [2.05, 4.69) is 3.63 Å². The van der Waals surface area contributed by atoms with Gasteiger partial charge in [-0.25, -0.2) is 0 Å². The van der Waals surface area contributed by atoms with E-state index in [0.29, 0.717) is 0 Å². The van der Waals surface area contributed by atoms with Crippen LogP contribution in [0.5, 0.6) is 0 Å². The van der Waals surface area contributed by atoms with Crippen molar-refractivity contribution in [2.45, 2.75) is 7.59 Å². The fraction of sp³-hybridized carbons (Fsp3) is 1.00. The first-order chi connectivity index (χ1) is 7.12. The largest absolute Gasteiger partial charge is 0.286 e. The minimum atomic E-state index is -4.63. The first-order valence-corrected chi connectivity index (χ1v) is 8.84. The molecule has 0 saturated heterocycles. The van der Waals surface area contributed by atoms with E-state index in [1.165, 1.54) is 0 Å². The third-order valence-corrected chi connectivity index (χ3v) is 5.87.